The van der Waals surface area contributed by atoms with Crippen molar-refractivity contribution in [3.63, 3.8) is 0 Å². The number of pyridine rings is 1. The molecule has 0 saturated carbocycles. The Balaban J connectivity index is 1.82. The van der Waals surface area contributed by atoms with Gasteiger partial charge in [-0.15, -0.1) is 5.11 Å². The first kappa shape index (κ1) is 16.4. The van der Waals surface area contributed by atoms with Crippen LogP contribution in [0.15, 0.2) is 53.0 Å². The summed E-state index contributed by atoms with van der Waals surface area (Å²) >= 11 is 0. The molecule has 2 aromatic heterocycles. The van der Waals surface area contributed by atoms with Crippen molar-refractivity contribution in [2.75, 3.05) is 6.54 Å². The van der Waals surface area contributed by atoms with Gasteiger partial charge in [0.25, 0.3) is 5.91 Å². The van der Waals surface area contributed by atoms with Gasteiger partial charge < -0.3 is 10.5 Å². The van der Waals surface area contributed by atoms with Crippen molar-refractivity contribution in [1.82, 2.24) is 9.61 Å². The normalized spacial score (nSPS) is 16.3. The molecule has 0 spiro atoms. The van der Waals surface area contributed by atoms with Gasteiger partial charge in [-0.1, -0.05) is 6.07 Å². The number of amides is 1. The van der Waals surface area contributed by atoms with E-state index >= 15 is 0 Å². The van der Waals surface area contributed by atoms with Crippen molar-refractivity contribution in [1.29, 1.82) is 0 Å². The van der Waals surface area contributed by atoms with E-state index in [4.69, 9.17) is 10.5 Å². The Bertz CT molecular complexity index is 1020. The number of hydrogen-bond acceptors (Lipinski definition) is 5. The maximum absolute atomic E-state index is 12.0. The summed E-state index contributed by atoms with van der Waals surface area (Å²) < 4.78 is 7.59. The summed E-state index contributed by atoms with van der Waals surface area (Å²) in [5, 5.41) is 12.1. The van der Waals surface area contributed by atoms with Crippen LogP contribution in [0.1, 0.15) is 35.8 Å². The smallest absolute Gasteiger partial charge is 0.295 e. The summed E-state index contributed by atoms with van der Waals surface area (Å²) in [5.74, 6) is 0.458. The first-order valence-corrected chi connectivity index (χ1v) is 8.50. The van der Waals surface area contributed by atoms with Gasteiger partial charge in [-0.2, -0.15) is 10.2 Å². The first-order chi connectivity index (χ1) is 12.6. The van der Waals surface area contributed by atoms with Crippen molar-refractivity contribution >= 4 is 11.4 Å². The van der Waals surface area contributed by atoms with Gasteiger partial charge in [0.15, 0.2) is 0 Å². The molecule has 3 heterocycles. The number of carbonyl (C=O) groups excluding carboxylic acids is 1. The lowest BCUT2D eigenvalue weighted by atomic mass is 9.94. The number of benzene rings is 1. The lowest BCUT2D eigenvalue weighted by molar-refractivity contribution is 0.0985. The van der Waals surface area contributed by atoms with Crippen molar-refractivity contribution in [3.8, 4) is 16.9 Å². The highest BCUT2D eigenvalue weighted by atomic mass is 16.5. The monoisotopic (exact) mass is 349 g/mol. The van der Waals surface area contributed by atoms with E-state index in [2.05, 4.69) is 15.3 Å². The Kier molecular flexibility index (Phi) is 4.00. The zero-order valence-corrected chi connectivity index (χ0v) is 14.6. The van der Waals surface area contributed by atoms with Crippen molar-refractivity contribution < 1.29 is 9.53 Å². The molecule has 7 nitrogen and oxygen atoms in total. The van der Waals surface area contributed by atoms with Gasteiger partial charge in [-0.3, -0.25) is 4.79 Å². The molecule has 1 aromatic carbocycles. The van der Waals surface area contributed by atoms with Crippen LogP contribution < -0.4 is 10.5 Å². The van der Waals surface area contributed by atoms with Crippen LogP contribution in [-0.4, -0.2) is 28.2 Å². The van der Waals surface area contributed by atoms with E-state index in [0.29, 0.717) is 12.1 Å². The molecule has 0 bridgehead atoms. The first-order valence-electron chi connectivity index (χ1n) is 8.50. The topological polar surface area (TPSA) is 94.3 Å². The largest absolute Gasteiger partial charge is 0.491 e. The number of ether oxygens (including phenoxy) is 1. The fourth-order valence-electron chi connectivity index (χ4n) is 3.14. The van der Waals surface area contributed by atoms with Crippen molar-refractivity contribution in [2.45, 2.75) is 26.0 Å². The molecule has 0 saturated heterocycles. The molecule has 26 heavy (non-hydrogen) atoms. The minimum atomic E-state index is -0.330. The molecule has 0 aliphatic carbocycles. The predicted molar refractivity (Wildman–Crippen MR) is 97.4 cm³/mol. The van der Waals surface area contributed by atoms with Gasteiger partial charge in [-0.05, 0) is 43.2 Å². The highest BCUT2D eigenvalue weighted by molar-refractivity contribution is 5.98. The SMILES string of the molecule is CC(C)Oc1ccn2ncc(-c3ccc4c(c3)C(CN)N=NC4=O)c2c1. The molecule has 4 rings (SSSR count). The summed E-state index contributed by atoms with van der Waals surface area (Å²) in [4.78, 5) is 12.0. The van der Waals surface area contributed by atoms with E-state index in [1.165, 1.54) is 0 Å². The average molecular weight is 349 g/mol. The van der Waals surface area contributed by atoms with E-state index in [9.17, 15) is 4.79 Å². The maximum Gasteiger partial charge on any atom is 0.295 e. The highest BCUT2D eigenvalue weighted by Gasteiger charge is 2.24. The molecular weight excluding hydrogens is 330 g/mol. The van der Waals surface area contributed by atoms with Crippen molar-refractivity contribution in [2.24, 2.45) is 16.0 Å². The zero-order valence-electron chi connectivity index (χ0n) is 14.6. The molecule has 7 heteroatoms. The number of nitrogens with zero attached hydrogens (tertiary/aromatic N) is 4. The number of rotatable bonds is 4. The molecule has 0 fully saturated rings. The highest BCUT2D eigenvalue weighted by Crippen LogP contribution is 2.33. The molecule has 1 atom stereocenters. The van der Waals surface area contributed by atoms with E-state index in [0.717, 1.165) is 28.0 Å². The Labute approximate surface area is 150 Å². The van der Waals surface area contributed by atoms with E-state index in [1.807, 2.05) is 44.3 Å². The summed E-state index contributed by atoms with van der Waals surface area (Å²) in [6, 6.07) is 9.19. The molecule has 1 unspecified atom stereocenters. The van der Waals surface area contributed by atoms with Crippen LogP contribution >= 0.6 is 0 Å². The molecule has 1 amide bonds. The maximum atomic E-state index is 12.0. The zero-order chi connectivity index (χ0) is 18.3. The number of carbonyl (C=O) groups is 1. The molecular formula is C19H19N5O2. The average Bonchev–Trinajstić information content (AvgIpc) is 3.04. The van der Waals surface area contributed by atoms with Crippen molar-refractivity contribution in [3.05, 3.63) is 53.9 Å². The van der Waals surface area contributed by atoms with Gasteiger partial charge in [0, 0.05) is 29.9 Å². The Morgan fingerprint density at radius 2 is 2.08 bits per heavy atom. The lowest BCUT2D eigenvalue weighted by Crippen LogP contribution is -2.17. The number of fused-ring (bicyclic) bond motifs is 2. The molecule has 1 aliphatic rings. The Morgan fingerprint density at radius 1 is 1.23 bits per heavy atom. The molecule has 3 aromatic rings. The number of hydrogen-bond donors (Lipinski definition) is 1. The lowest BCUT2D eigenvalue weighted by Gasteiger charge is -2.17. The van der Waals surface area contributed by atoms with Gasteiger partial charge in [-0.25, -0.2) is 4.52 Å². The second-order valence-corrected chi connectivity index (χ2v) is 6.49. The minimum Gasteiger partial charge on any atom is -0.491 e. The summed E-state index contributed by atoms with van der Waals surface area (Å²) in [5.41, 5.74) is 9.98. The van der Waals surface area contributed by atoms with Gasteiger partial charge in [0.05, 0.1) is 17.8 Å². The number of aromatic nitrogens is 2. The van der Waals surface area contributed by atoms with Crippen LogP contribution in [0.2, 0.25) is 0 Å². The van der Waals surface area contributed by atoms with Crippen LogP contribution in [0.4, 0.5) is 0 Å². The molecule has 1 aliphatic heterocycles. The fraction of sp³-hybridized carbons (Fsp3) is 0.263. The second kappa shape index (κ2) is 6.34. The third-order valence-electron chi connectivity index (χ3n) is 4.33. The summed E-state index contributed by atoms with van der Waals surface area (Å²) in [6.07, 6.45) is 3.77. The molecule has 132 valence electrons. The van der Waals surface area contributed by atoms with Gasteiger partial charge in [0.2, 0.25) is 0 Å². The third kappa shape index (κ3) is 2.76. The second-order valence-electron chi connectivity index (χ2n) is 6.49. The van der Waals surface area contributed by atoms with E-state index in [1.54, 1.807) is 16.8 Å². The van der Waals surface area contributed by atoms with Crippen LogP contribution in [0.25, 0.3) is 16.6 Å². The van der Waals surface area contributed by atoms with E-state index in [-0.39, 0.29) is 18.1 Å². The van der Waals surface area contributed by atoms with Crippen LogP contribution in [-0.2, 0) is 0 Å². The Hall–Kier alpha value is -3.06. The standard InChI is InChI=1S/C19H19N5O2/c1-11(2)26-13-5-6-24-18(8-13)16(10-21-24)12-3-4-14-15(7-12)17(9-20)22-23-19(14)25/h3-8,10-11,17H,9,20H2,1-2H3. The van der Waals surface area contributed by atoms with Crippen LogP contribution in [0.5, 0.6) is 5.75 Å². The predicted octanol–water partition coefficient (Wildman–Crippen LogP) is 3.39. The summed E-state index contributed by atoms with van der Waals surface area (Å²) in [7, 11) is 0. The third-order valence-corrected chi connectivity index (χ3v) is 4.33. The number of nitrogens with two attached hydrogens (primary N) is 1. The van der Waals surface area contributed by atoms with Gasteiger partial charge >= 0.3 is 0 Å². The summed E-state index contributed by atoms with van der Waals surface area (Å²) in [6.45, 7) is 4.28. The van der Waals surface area contributed by atoms with Gasteiger partial charge in [0.1, 0.15) is 11.8 Å². The molecule has 0 radical (unpaired) electrons. The quantitative estimate of drug-likeness (QED) is 0.781. The Morgan fingerprint density at radius 3 is 2.85 bits per heavy atom. The minimum absolute atomic E-state index is 0.0919. The number of azo groups is 1. The van der Waals surface area contributed by atoms with Crippen LogP contribution in [0.3, 0.4) is 0 Å². The molecule has 2 N–H and O–H groups in total. The fourth-order valence-corrected chi connectivity index (χ4v) is 3.14. The van der Waals surface area contributed by atoms with E-state index < -0.39 is 0 Å². The van der Waals surface area contributed by atoms with Crippen LogP contribution in [0, 0.1) is 0 Å².